The molecule has 7 heteroatoms. The highest BCUT2D eigenvalue weighted by Gasteiger charge is 2.30. The molecular weight excluding hydrogens is 294 g/mol. The average Bonchev–Trinajstić information content (AvgIpc) is 2.47. The Bertz CT molecular complexity index is 606. The quantitative estimate of drug-likeness (QED) is 0.892. The van der Waals surface area contributed by atoms with Gasteiger partial charge in [-0.15, -0.1) is 0 Å². The summed E-state index contributed by atoms with van der Waals surface area (Å²) in [5.41, 5.74) is 0. The van der Waals surface area contributed by atoms with Crippen LogP contribution in [-0.2, 0) is 14.8 Å². The average molecular weight is 313 g/mol. The van der Waals surface area contributed by atoms with Crippen LogP contribution in [0, 0.1) is 5.92 Å². The number of hydrogen-bond donors (Lipinski definition) is 1. The van der Waals surface area contributed by atoms with Crippen LogP contribution in [0.4, 0.5) is 0 Å². The molecule has 2 rings (SSSR count). The number of benzene rings is 1. The molecule has 0 aromatic heterocycles. The summed E-state index contributed by atoms with van der Waals surface area (Å²) in [6, 6.07) is 6.38. The van der Waals surface area contributed by atoms with Crippen LogP contribution in [0.5, 0.6) is 5.75 Å². The van der Waals surface area contributed by atoms with Gasteiger partial charge in [0.2, 0.25) is 10.0 Å². The monoisotopic (exact) mass is 313 g/mol. The van der Waals surface area contributed by atoms with Gasteiger partial charge < -0.3 is 9.84 Å². The van der Waals surface area contributed by atoms with Crippen molar-refractivity contribution in [3.05, 3.63) is 24.3 Å². The minimum atomic E-state index is -3.54. The molecule has 1 aliphatic rings. The summed E-state index contributed by atoms with van der Waals surface area (Å²) >= 11 is 0. The molecule has 1 aromatic carbocycles. The largest absolute Gasteiger partial charge is 0.497 e. The van der Waals surface area contributed by atoms with Gasteiger partial charge in [-0.25, -0.2) is 8.42 Å². The van der Waals surface area contributed by atoms with Crippen molar-refractivity contribution >= 4 is 16.0 Å². The Hall–Kier alpha value is -1.60. The van der Waals surface area contributed by atoms with Crippen LogP contribution in [0.1, 0.15) is 19.3 Å². The molecule has 0 amide bonds. The van der Waals surface area contributed by atoms with Gasteiger partial charge in [0.25, 0.3) is 0 Å². The first-order chi connectivity index (χ1) is 9.93. The number of nitrogens with zero attached hydrogens (tertiary/aromatic N) is 1. The number of hydrogen-bond acceptors (Lipinski definition) is 4. The Labute approximate surface area is 124 Å². The number of methoxy groups -OCH3 is 1. The normalized spacial score (nSPS) is 17.6. The molecule has 0 bridgehead atoms. The first kappa shape index (κ1) is 15.8. The van der Waals surface area contributed by atoms with E-state index in [2.05, 4.69) is 0 Å². The maximum atomic E-state index is 12.5. The number of sulfonamides is 1. The number of carbonyl (C=O) groups is 1. The summed E-state index contributed by atoms with van der Waals surface area (Å²) in [4.78, 5) is 10.9. The van der Waals surface area contributed by atoms with Gasteiger partial charge in [-0.2, -0.15) is 4.31 Å². The van der Waals surface area contributed by atoms with Crippen LogP contribution < -0.4 is 4.74 Å². The second-order valence-electron chi connectivity index (χ2n) is 5.12. The molecule has 1 heterocycles. The molecule has 6 nitrogen and oxygen atoms in total. The molecule has 0 radical (unpaired) electrons. The van der Waals surface area contributed by atoms with Gasteiger partial charge >= 0.3 is 5.97 Å². The predicted molar refractivity (Wildman–Crippen MR) is 76.7 cm³/mol. The molecule has 116 valence electrons. The van der Waals surface area contributed by atoms with Crippen LogP contribution in [0.25, 0.3) is 0 Å². The Morgan fingerprint density at radius 2 is 2.05 bits per heavy atom. The molecule has 0 aliphatic carbocycles. The third-order valence-electron chi connectivity index (χ3n) is 3.72. The zero-order valence-electron chi connectivity index (χ0n) is 11.9. The molecule has 0 spiro atoms. The summed E-state index contributed by atoms with van der Waals surface area (Å²) in [5, 5.41) is 8.78. The third kappa shape index (κ3) is 3.74. The minimum absolute atomic E-state index is 0.0549. The number of rotatable bonds is 5. The van der Waals surface area contributed by atoms with Gasteiger partial charge in [0.05, 0.1) is 12.0 Å². The smallest absolute Gasteiger partial charge is 0.303 e. The zero-order valence-corrected chi connectivity index (χ0v) is 12.7. The fraction of sp³-hybridized carbons (Fsp3) is 0.500. The topological polar surface area (TPSA) is 83.9 Å². The maximum absolute atomic E-state index is 12.5. The van der Waals surface area contributed by atoms with Crippen molar-refractivity contribution in [1.82, 2.24) is 4.31 Å². The van der Waals surface area contributed by atoms with Gasteiger partial charge in [-0.3, -0.25) is 4.79 Å². The molecule has 0 unspecified atom stereocenters. The van der Waals surface area contributed by atoms with E-state index >= 15 is 0 Å². The summed E-state index contributed by atoms with van der Waals surface area (Å²) in [6.07, 6.45) is 1.26. The van der Waals surface area contributed by atoms with E-state index < -0.39 is 16.0 Å². The van der Waals surface area contributed by atoms with E-state index in [4.69, 9.17) is 9.84 Å². The molecular formula is C14H19NO5S. The van der Waals surface area contributed by atoms with E-state index in [0.29, 0.717) is 31.7 Å². The van der Waals surface area contributed by atoms with Crippen LogP contribution >= 0.6 is 0 Å². The van der Waals surface area contributed by atoms with Crippen LogP contribution in [0.3, 0.4) is 0 Å². The van der Waals surface area contributed by atoms with Gasteiger partial charge in [-0.1, -0.05) is 6.07 Å². The summed E-state index contributed by atoms with van der Waals surface area (Å²) in [7, 11) is -2.05. The summed E-state index contributed by atoms with van der Waals surface area (Å²) in [6.45, 7) is 0.717. The van der Waals surface area contributed by atoms with Crippen LogP contribution in [-0.4, -0.2) is 44.0 Å². The molecule has 0 atom stereocenters. The molecule has 1 aliphatic heterocycles. The highest BCUT2D eigenvalue weighted by molar-refractivity contribution is 7.89. The lowest BCUT2D eigenvalue weighted by Crippen LogP contribution is -2.38. The highest BCUT2D eigenvalue weighted by Crippen LogP contribution is 2.27. The molecule has 21 heavy (non-hydrogen) atoms. The molecule has 1 fully saturated rings. The van der Waals surface area contributed by atoms with Gasteiger partial charge in [-0.05, 0) is 30.9 Å². The molecule has 1 N–H and O–H groups in total. The highest BCUT2D eigenvalue weighted by atomic mass is 32.2. The number of piperidine rings is 1. The Balaban J connectivity index is 2.09. The lowest BCUT2D eigenvalue weighted by molar-refractivity contribution is -0.138. The second kappa shape index (κ2) is 6.44. The van der Waals surface area contributed by atoms with Crippen molar-refractivity contribution in [2.24, 2.45) is 5.92 Å². The van der Waals surface area contributed by atoms with Gasteiger partial charge in [0.1, 0.15) is 5.75 Å². The van der Waals surface area contributed by atoms with Crippen molar-refractivity contribution < 1.29 is 23.1 Å². The number of carboxylic acids is 1. The SMILES string of the molecule is COc1cccc(S(=O)(=O)N2CCC(CC(=O)O)CC2)c1. The summed E-state index contributed by atoms with van der Waals surface area (Å²) < 4.78 is 31.5. The van der Waals surface area contributed by atoms with Crippen LogP contribution in [0.2, 0.25) is 0 Å². The Kier molecular flexibility index (Phi) is 4.84. The number of carboxylic acid groups (broad SMARTS) is 1. The summed E-state index contributed by atoms with van der Waals surface area (Å²) in [5.74, 6) is -0.278. The lowest BCUT2D eigenvalue weighted by atomic mass is 9.95. The van der Waals surface area contributed by atoms with Gasteiger partial charge in [0, 0.05) is 25.6 Å². The van der Waals surface area contributed by atoms with Crippen molar-refractivity contribution in [3.8, 4) is 5.75 Å². The van der Waals surface area contributed by atoms with E-state index in [0.717, 1.165) is 0 Å². The molecule has 1 saturated heterocycles. The van der Waals surface area contributed by atoms with Crippen molar-refractivity contribution in [2.75, 3.05) is 20.2 Å². The second-order valence-corrected chi connectivity index (χ2v) is 7.06. The van der Waals surface area contributed by atoms with E-state index in [9.17, 15) is 13.2 Å². The zero-order chi connectivity index (χ0) is 15.5. The van der Waals surface area contributed by atoms with Gasteiger partial charge in [0.15, 0.2) is 0 Å². The van der Waals surface area contributed by atoms with E-state index in [1.807, 2.05) is 0 Å². The van der Waals surface area contributed by atoms with E-state index in [1.165, 1.54) is 17.5 Å². The van der Waals surface area contributed by atoms with Crippen molar-refractivity contribution in [1.29, 1.82) is 0 Å². The number of aliphatic carboxylic acids is 1. The van der Waals surface area contributed by atoms with Crippen molar-refractivity contribution in [3.63, 3.8) is 0 Å². The van der Waals surface area contributed by atoms with E-state index in [-0.39, 0.29) is 17.2 Å². The van der Waals surface area contributed by atoms with Crippen molar-refractivity contribution in [2.45, 2.75) is 24.2 Å². The standard InChI is InChI=1S/C14H19NO5S/c1-20-12-3-2-4-13(10-12)21(18,19)15-7-5-11(6-8-15)9-14(16)17/h2-4,10-11H,5-9H2,1H3,(H,16,17). The minimum Gasteiger partial charge on any atom is -0.497 e. The predicted octanol–water partition coefficient (Wildman–Crippen LogP) is 1.57. The Morgan fingerprint density at radius 3 is 2.62 bits per heavy atom. The Morgan fingerprint density at radius 1 is 1.38 bits per heavy atom. The van der Waals surface area contributed by atoms with E-state index in [1.54, 1.807) is 18.2 Å². The fourth-order valence-corrected chi connectivity index (χ4v) is 4.02. The van der Waals surface area contributed by atoms with Crippen LogP contribution in [0.15, 0.2) is 29.2 Å². The fourth-order valence-electron chi connectivity index (χ4n) is 2.51. The number of ether oxygens (including phenoxy) is 1. The maximum Gasteiger partial charge on any atom is 0.303 e. The third-order valence-corrected chi connectivity index (χ3v) is 5.61. The first-order valence-electron chi connectivity index (χ1n) is 6.79. The lowest BCUT2D eigenvalue weighted by Gasteiger charge is -2.30. The molecule has 1 aromatic rings. The first-order valence-corrected chi connectivity index (χ1v) is 8.23. The molecule has 0 saturated carbocycles.